The summed E-state index contributed by atoms with van der Waals surface area (Å²) in [6.07, 6.45) is 1.00. The maximum absolute atomic E-state index is 13.2. The van der Waals surface area contributed by atoms with Gasteiger partial charge in [0.25, 0.3) is 5.91 Å². The molecular formula is C23H33N5O4. The van der Waals surface area contributed by atoms with Crippen molar-refractivity contribution in [2.24, 2.45) is 5.10 Å². The summed E-state index contributed by atoms with van der Waals surface area (Å²) in [6.45, 7) is 7.82. The van der Waals surface area contributed by atoms with E-state index in [0.717, 1.165) is 37.3 Å². The lowest BCUT2D eigenvalue weighted by atomic mass is 9.98. The third-order valence-electron chi connectivity index (χ3n) is 6.53. The first kappa shape index (κ1) is 22.7. The molecule has 2 atom stereocenters. The fourth-order valence-electron chi connectivity index (χ4n) is 4.58. The summed E-state index contributed by atoms with van der Waals surface area (Å²) in [5, 5.41) is 16.1. The lowest BCUT2D eigenvalue weighted by Crippen LogP contribution is -2.56. The molecule has 4 rings (SSSR count). The minimum absolute atomic E-state index is 0.0555. The van der Waals surface area contributed by atoms with Crippen molar-refractivity contribution >= 4 is 17.6 Å². The van der Waals surface area contributed by atoms with Crippen LogP contribution in [0.25, 0.3) is 0 Å². The van der Waals surface area contributed by atoms with Crippen LogP contribution in [0.1, 0.15) is 50.3 Å². The molecule has 1 N–H and O–H groups in total. The maximum atomic E-state index is 13.2. The third-order valence-corrected chi connectivity index (χ3v) is 6.53. The summed E-state index contributed by atoms with van der Waals surface area (Å²) in [7, 11) is 2.08. The van der Waals surface area contributed by atoms with Gasteiger partial charge in [-0.2, -0.15) is 5.10 Å². The first-order chi connectivity index (χ1) is 15.4. The maximum Gasteiger partial charge on any atom is 0.349 e. The minimum atomic E-state index is -0.567. The summed E-state index contributed by atoms with van der Waals surface area (Å²) in [6, 6.07) is 5.19. The van der Waals surface area contributed by atoms with Crippen LogP contribution < -0.4 is 4.74 Å². The Morgan fingerprint density at radius 3 is 2.56 bits per heavy atom. The molecule has 32 heavy (non-hydrogen) atoms. The van der Waals surface area contributed by atoms with Crippen LogP contribution in [0.5, 0.6) is 5.75 Å². The summed E-state index contributed by atoms with van der Waals surface area (Å²) in [5.41, 5.74) is 2.26. The highest BCUT2D eigenvalue weighted by atomic mass is 16.5. The van der Waals surface area contributed by atoms with E-state index in [4.69, 9.17) is 4.74 Å². The second kappa shape index (κ2) is 9.56. The monoisotopic (exact) mass is 443 g/mol. The topological polar surface area (TPSA) is 88.9 Å². The van der Waals surface area contributed by atoms with Crippen molar-refractivity contribution in [3.05, 3.63) is 29.3 Å². The Labute approximate surface area is 189 Å². The van der Waals surface area contributed by atoms with Crippen LogP contribution in [-0.4, -0.2) is 95.0 Å². The van der Waals surface area contributed by atoms with Crippen LogP contribution in [0.2, 0.25) is 0 Å². The molecule has 0 bridgehead atoms. The number of rotatable bonds is 6. The highest BCUT2D eigenvalue weighted by Gasteiger charge is 2.43. The van der Waals surface area contributed by atoms with E-state index in [0.29, 0.717) is 37.3 Å². The zero-order chi connectivity index (χ0) is 22.8. The number of hydrazone groups is 1. The summed E-state index contributed by atoms with van der Waals surface area (Å²) < 4.78 is 5.75. The zero-order valence-corrected chi connectivity index (χ0v) is 19.2. The Bertz CT molecular complexity index is 896. The number of aliphatic hydroxyl groups excluding tert-OH is 1. The van der Waals surface area contributed by atoms with Gasteiger partial charge in [0.15, 0.2) is 0 Å². The van der Waals surface area contributed by atoms with Crippen molar-refractivity contribution in [2.45, 2.75) is 45.4 Å². The van der Waals surface area contributed by atoms with Gasteiger partial charge >= 0.3 is 6.03 Å². The van der Waals surface area contributed by atoms with E-state index in [1.807, 2.05) is 32.0 Å². The number of nitrogens with zero attached hydrogens (tertiary/aromatic N) is 5. The van der Waals surface area contributed by atoms with Crippen molar-refractivity contribution in [2.75, 3.05) is 46.4 Å². The molecule has 0 aromatic heterocycles. The predicted octanol–water partition coefficient (Wildman–Crippen LogP) is 1.86. The number of piperazine rings is 1. The fourth-order valence-corrected chi connectivity index (χ4v) is 4.58. The SMILES string of the molecule is CCC(O)c1ccc2c(c1)/C(=N/N1CC(=O)N(C(CC)N3CCN(C)CC3)C1=O)CCO2. The number of carbonyl (C=O) groups is 2. The standard InChI is InChI=1S/C23H33N5O4/c1-4-19(29)16-6-7-20-17(14-16)18(8-13-32-20)24-27-15-22(30)28(23(27)31)21(5-2)26-11-9-25(3)10-12-26/h6-7,14,19,21,29H,4-5,8-13,15H2,1-3H3/b24-18+. The number of aliphatic hydroxyl groups is 1. The molecule has 3 heterocycles. The average molecular weight is 444 g/mol. The Morgan fingerprint density at radius 1 is 1.12 bits per heavy atom. The zero-order valence-electron chi connectivity index (χ0n) is 19.2. The molecular weight excluding hydrogens is 410 g/mol. The van der Waals surface area contributed by atoms with Gasteiger partial charge in [-0.3, -0.25) is 9.69 Å². The molecule has 3 amide bonds. The van der Waals surface area contributed by atoms with E-state index in [-0.39, 0.29) is 24.6 Å². The average Bonchev–Trinajstić information content (AvgIpc) is 3.08. The number of fused-ring (bicyclic) bond motifs is 1. The lowest BCUT2D eigenvalue weighted by molar-refractivity contribution is -0.130. The molecule has 0 saturated carbocycles. The summed E-state index contributed by atoms with van der Waals surface area (Å²) >= 11 is 0. The van der Waals surface area contributed by atoms with E-state index >= 15 is 0 Å². The number of hydrogen-bond acceptors (Lipinski definition) is 7. The van der Waals surface area contributed by atoms with E-state index in [1.165, 1.54) is 9.91 Å². The second-order valence-electron chi connectivity index (χ2n) is 8.66. The van der Waals surface area contributed by atoms with Gasteiger partial charge in [0.2, 0.25) is 0 Å². The molecule has 0 aliphatic carbocycles. The van der Waals surface area contributed by atoms with Gasteiger partial charge in [-0.25, -0.2) is 14.7 Å². The van der Waals surface area contributed by atoms with Gasteiger partial charge in [0.05, 0.1) is 24.6 Å². The molecule has 2 fully saturated rings. The Balaban J connectivity index is 1.57. The van der Waals surface area contributed by atoms with E-state index in [9.17, 15) is 14.7 Å². The van der Waals surface area contributed by atoms with Crippen LogP contribution >= 0.6 is 0 Å². The van der Waals surface area contributed by atoms with Gasteiger partial charge < -0.3 is 14.7 Å². The van der Waals surface area contributed by atoms with E-state index < -0.39 is 6.10 Å². The molecule has 2 unspecified atom stereocenters. The number of hydrogen-bond donors (Lipinski definition) is 1. The molecule has 0 spiro atoms. The van der Waals surface area contributed by atoms with Crippen molar-refractivity contribution in [1.82, 2.24) is 19.7 Å². The number of likely N-dealkylation sites (N-methyl/N-ethyl adjacent to an activating group) is 1. The van der Waals surface area contributed by atoms with Gasteiger partial charge in [-0.1, -0.05) is 19.9 Å². The van der Waals surface area contributed by atoms with E-state index in [2.05, 4.69) is 21.9 Å². The van der Waals surface area contributed by atoms with Crippen molar-refractivity contribution in [1.29, 1.82) is 0 Å². The Kier molecular flexibility index (Phi) is 6.78. The number of benzene rings is 1. The first-order valence-electron chi connectivity index (χ1n) is 11.5. The predicted molar refractivity (Wildman–Crippen MR) is 120 cm³/mol. The fraction of sp³-hybridized carbons (Fsp3) is 0.609. The summed E-state index contributed by atoms with van der Waals surface area (Å²) in [5.74, 6) is 0.466. The van der Waals surface area contributed by atoms with Gasteiger partial charge in [-0.15, -0.1) is 0 Å². The van der Waals surface area contributed by atoms with Crippen molar-refractivity contribution in [3.8, 4) is 5.75 Å². The molecule has 9 nitrogen and oxygen atoms in total. The van der Waals surface area contributed by atoms with Gasteiger partial charge in [0.1, 0.15) is 12.3 Å². The summed E-state index contributed by atoms with van der Waals surface area (Å²) in [4.78, 5) is 32.0. The molecule has 3 aliphatic heterocycles. The largest absolute Gasteiger partial charge is 0.492 e. The van der Waals surface area contributed by atoms with Gasteiger partial charge in [-0.05, 0) is 37.6 Å². The number of ether oxygens (including phenoxy) is 1. The van der Waals surface area contributed by atoms with Crippen LogP contribution in [0.15, 0.2) is 23.3 Å². The minimum Gasteiger partial charge on any atom is -0.492 e. The molecule has 174 valence electrons. The molecule has 1 aromatic carbocycles. The normalized spacial score (nSPS) is 23.4. The number of amides is 3. The lowest BCUT2D eigenvalue weighted by Gasteiger charge is -2.40. The van der Waals surface area contributed by atoms with Crippen molar-refractivity contribution < 1.29 is 19.4 Å². The van der Waals surface area contributed by atoms with Crippen molar-refractivity contribution in [3.63, 3.8) is 0 Å². The first-order valence-corrected chi connectivity index (χ1v) is 11.5. The molecule has 2 saturated heterocycles. The highest BCUT2D eigenvalue weighted by Crippen LogP contribution is 2.30. The Hall–Kier alpha value is -2.49. The highest BCUT2D eigenvalue weighted by molar-refractivity contribution is 6.06. The quantitative estimate of drug-likeness (QED) is 0.676. The van der Waals surface area contributed by atoms with Crippen LogP contribution in [0.4, 0.5) is 4.79 Å². The number of carbonyl (C=O) groups excluding carboxylic acids is 2. The third kappa shape index (κ3) is 4.37. The molecule has 1 aromatic rings. The van der Waals surface area contributed by atoms with E-state index in [1.54, 1.807) is 0 Å². The van der Waals surface area contributed by atoms with Crippen LogP contribution in [-0.2, 0) is 4.79 Å². The number of urea groups is 1. The van der Waals surface area contributed by atoms with Crippen LogP contribution in [0.3, 0.4) is 0 Å². The molecule has 9 heteroatoms. The smallest absolute Gasteiger partial charge is 0.349 e. The molecule has 0 radical (unpaired) electrons. The Morgan fingerprint density at radius 2 is 1.88 bits per heavy atom. The molecule has 3 aliphatic rings. The number of imide groups is 1. The van der Waals surface area contributed by atoms with Crippen LogP contribution in [0, 0.1) is 0 Å². The second-order valence-corrected chi connectivity index (χ2v) is 8.66. The van der Waals surface area contributed by atoms with Gasteiger partial charge in [0, 0.05) is 38.2 Å².